The fraction of sp³-hybridized carbons (Fsp3) is 0.625. The smallest absolute Gasteiger partial charge is 0.128 e. The topological polar surface area (TPSA) is 38.5 Å². The summed E-state index contributed by atoms with van der Waals surface area (Å²) in [5, 5.41) is 0. The van der Waals surface area contributed by atoms with Gasteiger partial charge < -0.3 is 15.4 Å². The second-order valence-corrected chi connectivity index (χ2v) is 5.79. The predicted octanol–water partition coefficient (Wildman–Crippen LogP) is 2.72. The van der Waals surface area contributed by atoms with Crippen LogP contribution in [0.1, 0.15) is 31.7 Å². The number of ether oxygens (including phenoxy) is 1. The van der Waals surface area contributed by atoms with Crippen molar-refractivity contribution < 1.29 is 9.13 Å². The lowest BCUT2D eigenvalue weighted by Gasteiger charge is -2.30. The van der Waals surface area contributed by atoms with Gasteiger partial charge in [0.2, 0.25) is 0 Å². The van der Waals surface area contributed by atoms with Crippen molar-refractivity contribution in [3.05, 3.63) is 29.6 Å². The SMILES string of the molecule is CC(N)Cc1c(F)cccc1N(C)CC1CCCCO1. The second-order valence-electron chi connectivity index (χ2n) is 5.79. The average Bonchev–Trinajstić information content (AvgIpc) is 2.41. The number of benzene rings is 1. The highest BCUT2D eigenvalue weighted by Gasteiger charge is 2.19. The van der Waals surface area contributed by atoms with E-state index in [0.717, 1.165) is 31.7 Å². The molecule has 2 N–H and O–H groups in total. The summed E-state index contributed by atoms with van der Waals surface area (Å²) in [5.74, 6) is -0.170. The molecule has 3 nitrogen and oxygen atoms in total. The summed E-state index contributed by atoms with van der Waals surface area (Å²) in [6, 6.07) is 5.17. The Hall–Kier alpha value is -1.13. The van der Waals surface area contributed by atoms with Crippen molar-refractivity contribution in [2.45, 2.75) is 44.8 Å². The van der Waals surface area contributed by atoms with Crippen molar-refractivity contribution >= 4 is 5.69 Å². The van der Waals surface area contributed by atoms with Gasteiger partial charge in [0.1, 0.15) is 5.82 Å². The summed E-state index contributed by atoms with van der Waals surface area (Å²) in [6.45, 7) is 3.55. The lowest BCUT2D eigenvalue weighted by Crippen LogP contribution is -2.34. The molecule has 0 radical (unpaired) electrons. The van der Waals surface area contributed by atoms with Crippen LogP contribution in [-0.4, -0.2) is 32.3 Å². The van der Waals surface area contributed by atoms with Crippen molar-refractivity contribution in [1.82, 2.24) is 0 Å². The van der Waals surface area contributed by atoms with Crippen molar-refractivity contribution in [3.63, 3.8) is 0 Å². The van der Waals surface area contributed by atoms with Gasteiger partial charge in [-0.05, 0) is 44.7 Å². The Bertz CT molecular complexity index is 430. The van der Waals surface area contributed by atoms with Crippen LogP contribution >= 0.6 is 0 Å². The minimum absolute atomic E-state index is 0.0509. The van der Waals surface area contributed by atoms with Crippen molar-refractivity contribution in [2.75, 3.05) is 25.1 Å². The van der Waals surface area contributed by atoms with Crippen LogP contribution in [0.3, 0.4) is 0 Å². The van der Waals surface area contributed by atoms with E-state index in [1.54, 1.807) is 6.07 Å². The molecule has 2 atom stereocenters. The third-order valence-corrected chi connectivity index (χ3v) is 3.78. The molecule has 0 bridgehead atoms. The van der Waals surface area contributed by atoms with E-state index in [4.69, 9.17) is 10.5 Å². The van der Waals surface area contributed by atoms with E-state index in [9.17, 15) is 4.39 Å². The van der Waals surface area contributed by atoms with E-state index < -0.39 is 0 Å². The zero-order chi connectivity index (χ0) is 14.5. The third kappa shape index (κ3) is 3.93. The van der Waals surface area contributed by atoms with Gasteiger partial charge in [-0.1, -0.05) is 6.07 Å². The summed E-state index contributed by atoms with van der Waals surface area (Å²) in [5.41, 5.74) is 7.47. The van der Waals surface area contributed by atoms with Gasteiger partial charge in [-0.3, -0.25) is 0 Å². The van der Waals surface area contributed by atoms with Crippen molar-refractivity contribution in [2.24, 2.45) is 5.73 Å². The summed E-state index contributed by atoms with van der Waals surface area (Å²) in [4.78, 5) is 2.09. The molecule has 1 heterocycles. The van der Waals surface area contributed by atoms with Crippen LogP contribution < -0.4 is 10.6 Å². The standard InChI is InChI=1S/C16H25FN2O/c1-12(18)10-14-15(17)7-5-8-16(14)19(2)11-13-6-3-4-9-20-13/h5,7-8,12-13H,3-4,6,9-11,18H2,1-2H3. The predicted molar refractivity (Wildman–Crippen MR) is 80.6 cm³/mol. The molecule has 2 rings (SSSR count). The Kier molecular flexibility index (Phi) is 5.38. The third-order valence-electron chi connectivity index (χ3n) is 3.78. The average molecular weight is 280 g/mol. The largest absolute Gasteiger partial charge is 0.376 e. The molecule has 0 amide bonds. The molecule has 1 aliphatic rings. The van der Waals surface area contributed by atoms with E-state index in [2.05, 4.69) is 4.90 Å². The number of anilines is 1. The monoisotopic (exact) mass is 280 g/mol. The Labute approximate surface area is 120 Å². The Morgan fingerprint density at radius 1 is 1.45 bits per heavy atom. The summed E-state index contributed by atoms with van der Waals surface area (Å²) in [7, 11) is 2.00. The molecule has 1 aromatic rings. The fourth-order valence-electron chi connectivity index (χ4n) is 2.78. The highest BCUT2D eigenvalue weighted by molar-refractivity contribution is 5.54. The number of rotatable bonds is 5. The number of likely N-dealkylation sites (N-methyl/N-ethyl adjacent to an activating group) is 1. The van der Waals surface area contributed by atoms with Gasteiger partial charge in [-0.25, -0.2) is 4.39 Å². The van der Waals surface area contributed by atoms with E-state index in [1.165, 1.54) is 12.5 Å². The first-order valence-corrected chi connectivity index (χ1v) is 7.43. The van der Waals surface area contributed by atoms with Crippen LogP contribution in [0.25, 0.3) is 0 Å². The van der Waals surface area contributed by atoms with Crippen LogP contribution in [0.15, 0.2) is 18.2 Å². The molecule has 1 fully saturated rings. The lowest BCUT2D eigenvalue weighted by atomic mass is 10.0. The Morgan fingerprint density at radius 3 is 2.90 bits per heavy atom. The molecule has 0 aliphatic carbocycles. The Morgan fingerprint density at radius 2 is 2.25 bits per heavy atom. The van der Waals surface area contributed by atoms with E-state index in [1.807, 2.05) is 20.0 Å². The Balaban J connectivity index is 2.11. The van der Waals surface area contributed by atoms with Crippen LogP contribution in [0.4, 0.5) is 10.1 Å². The van der Waals surface area contributed by atoms with Gasteiger partial charge in [0.15, 0.2) is 0 Å². The van der Waals surface area contributed by atoms with Gasteiger partial charge >= 0.3 is 0 Å². The molecule has 0 saturated carbocycles. The van der Waals surface area contributed by atoms with E-state index in [0.29, 0.717) is 12.0 Å². The van der Waals surface area contributed by atoms with Gasteiger partial charge in [0.05, 0.1) is 6.10 Å². The molecule has 112 valence electrons. The van der Waals surface area contributed by atoms with Crippen molar-refractivity contribution in [3.8, 4) is 0 Å². The molecule has 2 unspecified atom stereocenters. The minimum Gasteiger partial charge on any atom is -0.376 e. The van der Waals surface area contributed by atoms with Gasteiger partial charge in [0.25, 0.3) is 0 Å². The highest BCUT2D eigenvalue weighted by atomic mass is 19.1. The van der Waals surface area contributed by atoms with Crippen LogP contribution in [0.5, 0.6) is 0 Å². The molecule has 0 spiro atoms. The van der Waals surface area contributed by atoms with Crippen molar-refractivity contribution in [1.29, 1.82) is 0 Å². The molecule has 1 aliphatic heterocycles. The van der Waals surface area contributed by atoms with E-state index >= 15 is 0 Å². The number of hydrogen-bond donors (Lipinski definition) is 1. The highest BCUT2D eigenvalue weighted by Crippen LogP contribution is 2.25. The maximum Gasteiger partial charge on any atom is 0.128 e. The summed E-state index contributed by atoms with van der Waals surface area (Å²) in [6.07, 6.45) is 4.25. The minimum atomic E-state index is -0.170. The maximum atomic E-state index is 14.0. The maximum absolute atomic E-state index is 14.0. The summed E-state index contributed by atoms with van der Waals surface area (Å²) < 4.78 is 19.8. The quantitative estimate of drug-likeness (QED) is 0.901. The molecular weight excluding hydrogens is 255 g/mol. The number of nitrogens with two attached hydrogens (primary N) is 1. The van der Waals surface area contributed by atoms with E-state index in [-0.39, 0.29) is 18.0 Å². The molecule has 20 heavy (non-hydrogen) atoms. The second kappa shape index (κ2) is 7.04. The van der Waals surface area contributed by atoms with Gasteiger partial charge in [-0.15, -0.1) is 0 Å². The fourth-order valence-corrected chi connectivity index (χ4v) is 2.78. The number of nitrogens with zero attached hydrogens (tertiary/aromatic N) is 1. The van der Waals surface area contributed by atoms with Gasteiger partial charge in [-0.2, -0.15) is 0 Å². The van der Waals surface area contributed by atoms with Crippen LogP contribution in [0.2, 0.25) is 0 Å². The molecule has 4 heteroatoms. The first-order valence-electron chi connectivity index (χ1n) is 7.43. The zero-order valence-electron chi connectivity index (χ0n) is 12.4. The first kappa shape index (κ1) is 15.3. The van der Waals surface area contributed by atoms with Gasteiger partial charge in [0, 0.05) is 37.5 Å². The molecule has 1 aromatic carbocycles. The van der Waals surface area contributed by atoms with Crippen LogP contribution in [-0.2, 0) is 11.2 Å². The normalized spacial score (nSPS) is 20.7. The van der Waals surface area contributed by atoms with Crippen LogP contribution in [0, 0.1) is 5.82 Å². The number of hydrogen-bond acceptors (Lipinski definition) is 3. The molecule has 0 aromatic heterocycles. The number of halogens is 1. The summed E-state index contributed by atoms with van der Waals surface area (Å²) >= 11 is 0. The molecular formula is C16H25FN2O. The lowest BCUT2D eigenvalue weighted by molar-refractivity contribution is 0.0216. The zero-order valence-corrected chi connectivity index (χ0v) is 12.4. The first-order chi connectivity index (χ1) is 9.58. The molecule has 1 saturated heterocycles.